The highest BCUT2D eigenvalue weighted by molar-refractivity contribution is 5.76. The molecule has 1 heterocycles. The van der Waals surface area contributed by atoms with Gasteiger partial charge in [0.2, 0.25) is 17.6 Å². The first-order valence-electron chi connectivity index (χ1n) is 9.62. The van der Waals surface area contributed by atoms with Gasteiger partial charge in [0.1, 0.15) is 6.54 Å². The topological polar surface area (TPSA) is 77.7 Å². The van der Waals surface area contributed by atoms with Crippen molar-refractivity contribution in [1.29, 1.82) is 0 Å². The van der Waals surface area contributed by atoms with Gasteiger partial charge < -0.3 is 18.9 Å². The molecule has 7 nitrogen and oxygen atoms in total. The lowest BCUT2D eigenvalue weighted by atomic mass is 10.1. The van der Waals surface area contributed by atoms with Gasteiger partial charge in [0.15, 0.2) is 11.5 Å². The van der Waals surface area contributed by atoms with Crippen LogP contribution in [0, 0.1) is 0 Å². The largest absolute Gasteiger partial charge is 0.493 e. The number of benzene rings is 2. The van der Waals surface area contributed by atoms with Gasteiger partial charge in [-0.05, 0) is 30.2 Å². The number of amides is 1. The van der Waals surface area contributed by atoms with Crippen LogP contribution in [0.5, 0.6) is 11.5 Å². The number of methoxy groups -OCH3 is 2. The Morgan fingerprint density at radius 2 is 1.90 bits per heavy atom. The Bertz CT molecular complexity index is 985. The van der Waals surface area contributed by atoms with Crippen molar-refractivity contribution in [2.75, 3.05) is 20.8 Å². The van der Waals surface area contributed by atoms with Gasteiger partial charge >= 0.3 is 0 Å². The molecule has 1 aromatic heterocycles. The summed E-state index contributed by atoms with van der Waals surface area (Å²) in [7, 11) is 3.14. The van der Waals surface area contributed by atoms with E-state index in [4.69, 9.17) is 14.0 Å². The number of carbonyl (C=O) groups excluding carboxylic acids is 1. The molecule has 2 aromatic carbocycles. The third kappa shape index (κ3) is 5.26. The molecule has 0 saturated heterocycles. The number of carbonyl (C=O) groups is 1. The van der Waals surface area contributed by atoms with E-state index in [-0.39, 0.29) is 12.5 Å². The Morgan fingerprint density at radius 1 is 1.13 bits per heavy atom. The van der Waals surface area contributed by atoms with Crippen molar-refractivity contribution in [1.82, 2.24) is 15.0 Å². The number of ether oxygens (including phenoxy) is 2. The monoisotopic (exact) mass is 407 g/mol. The highest BCUT2D eigenvalue weighted by Gasteiger charge is 2.18. The van der Waals surface area contributed by atoms with Gasteiger partial charge in [-0.15, -0.1) is 6.58 Å². The lowest BCUT2D eigenvalue weighted by Gasteiger charge is -2.19. The number of aryl methyl sites for hydroxylation is 1. The Labute approximate surface area is 175 Å². The second-order valence-corrected chi connectivity index (χ2v) is 6.63. The van der Waals surface area contributed by atoms with E-state index in [0.29, 0.717) is 42.6 Å². The van der Waals surface area contributed by atoms with Crippen molar-refractivity contribution in [2.24, 2.45) is 0 Å². The molecule has 0 fully saturated rings. The molecule has 0 bridgehead atoms. The molecule has 156 valence electrons. The van der Waals surface area contributed by atoms with E-state index in [9.17, 15) is 4.79 Å². The molecule has 3 rings (SSSR count). The minimum Gasteiger partial charge on any atom is -0.493 e. The van der Waals surface area contributed by atoms with E-state index < -0.39 is 0 Å². The lowest BCUT2D eigenvalue weighted by molar-refractivity contribution is -0.131. The van der Waals surface area contributed by atoms with E-state index in [0.717, 1.165) is 11.1 Å². The van der Waals surface area contributed by atoms with E-state index >= 15 is 0 Å². The fourth-order valence-corrected chi connectivity index (χ4v) is 3.04. The highest BCUT2D eigenvalue weighted by Crippen LogP contribution is 2.31. The summed E-state index contributed by atoms with van der Waals surface area (Å²) in [6.45, 7) is 4.37. The number of nitrogens with zero attached hydrogens (tertiary/aromatic N) is 3. The van der Waals surface area contributed by atoms with Crippen LogP contribution in [0.1, 0.15) is 17.9 Å². The van der Waals surface area contributed by atoms with Gasteiger partial charge in [-0.3, -0.25) is 4.79 Å². The molecule has 7 heteroatoms. The first-order chi connectivity index (χ1) is 14.6. The highest BCUT2D eigenvalue weighted by atomic mass is 16.5. The number of hydrogen-bond donors (Lipinski definition) is 0. The summed E-state index contributed by atoms with van der Waals surface area (Å²) < 4.78 is 15.9. The predicted molar refractivity (Wildman–Crippen MR) is 113 cm³/mol. The van der Waals surface area contributed by atoms with E-state index in [1.54, 1.807) is 37.3 Å². The molecule has 0 aliphatic heterocycles. The van der Waals surface area contributed by atoms with Gasteiger partial charge in [0, 0.05) is 18.5 Å². The maximum atomic E-state index is 12.7. The molecular weight excluding hydrogens is 382 g/mol. The second kappa shape index (κ2) is 10.2. The average molecular weight is 407 g/mol. The number of hydrogen-bond acceptors (Lipinski definition) is 6. The minimum absolute atomic E-state index is 0.00428. The summed E-state index contributed by atoms with van der Waals surface area (Å²) in [5.74, 6) is 1.97. The van der Waals surface area contributed by atoms with Gasteiger partial charge in [-0.2, -0.15) is 4.98 Å². The van der Waals surface area contributed by atoms with Crippen LogP contribution in [0.3, 0.4) is 0 Å². The lowest BCUT2D eigenvalue weighted by Crippen LogP contribution is -2.31. The Morgan fingerprint density at radius 3 is 2.60 bits per heavy atom. The number of aromatic nitrogens is 2. The van der Waals surface area contributed by atoms with Crippen LogP contribution in [-0.2, 0) is 17.8 Å². The third-order valence-corrected chi connectivity index (χ3v) is 4.61. The predicted octanol–water partition coefficient (Wildman–Crippen LogP) is 3.90. The molecule has 0 N–H and O–H groups in total. The first-order valence-corrected chi connectivity index (χ1v) is 9.62. The number of rotatable bonds is 10. The Kier molecular flexibility index (Phi) is 7.21. The fourth-order valence-electron chi connectivity index (χ4n) is 3.04. The summed E-state index contributed by atoms with van der Waals surface area (Å²) in [6.07, 6.45) is 2.76. The van der Waals surface area contributed by atoms with Crippen LogP contribution in [0.4, 0.5) is 0 Å². The first kappa shape index (κ1) is 21.1. The second-order valence-electron chi connectivity index (χ2n) is 6.63. The normalized spacial score (nSPS) is 10.5. The minimum atomic E-state index is 0.00428. The summed E-state index contributed by atoms with van der Waals surface area (Å²) >= 11 is 0. The molecule has 3 aromatic rings. The standard InChI is InChI=1S/C23H25N3O4/c1-4-14-26(22(27)13-10-17-8-6-5-7-9-17)16-21-24-23(25-30-21)18-11-12-19(28-2)20(15-18)29-3/h4-9,11-12,15H,1,10,13-14,16H2,2-3H3. The zero-order chi connectivity index (χ0) is 21.3. The Hall–Kier alpha value is -3.61. The molecule has 0 unspecified atom stereocenters. The smallest absolute Gasteiger partial charge is 0.246 e. The summed E-state index contributed by atoms with van der Waals surface area (Å²) in [5, 5.41) is 4.04. The third-order valence-electron chi connectivity index (χ3n) is 4.61. The molecular formula is C23H25N3O4. The maximum absolute atomic E-state index is 12.7. The van der Waals surface area contributed by atoms with Gasteiger partial charge in [0.25, 0.3) is 0 Å². The van der Waals surface area contributed by atoms with E-state index in [1.165, 1.54) is 0 Å². The molecule has 30 heavy (non-hydrogen) atoms. The van der Waals surface area contributed by atoms with E-state index in [1.807, 2.05) is 36.4 Å². The van der Waals surface area contributed by atoms with Gasteiger partial charge in [0.05, 0.1) is 14.2 Å². The van der Waals surface area contributed by atoms with Crippen LogP contribution in [-0.4, -0.2) is 41.7 Å². The molecule has 0 radical (unpaired) electrons. The zero-order valence-corrected chi connectivity index (χ0v) is 17.2. The van der Waals surface area contributed by atoms with Crippen molar-refractivity contribution in [3.63, 3.8) is 0 Å². The fraction of sp³-hybridized carbons (Fsp3) is 0.261. The van der Waals surface area contributed by atoms with Crippen molar-refractivity contribution >= 4 is 5.91 Å². The van der Waals surface area contributed by atoms with Crippen LogP contribution >= 0.6 is 0 Å². The molecule has 0 spiro atoms. The average Bonchev–Trinajstić information content (AvgIpc) is 3.26. The van der Waals surface area contributed by atoms with Gasteiger partial charge in [-0.25, -0.2) is 0 Å². The summed E-state index contributed by atoms with van der Waals surface area (Å²) in [5.41, 5.74) is 1.85. The maximum Gasteiger partial charge on any atom is 0.246 e. The van der Waals surface area contributed by atoms with Gasteiger partial charge in [-0.1, -0.05) is 41.6 Å². The molecule has 0 saturated carbocycles. The van der Waals surface area contributed by atoms with Crippen molar-refractivity contribution in [3.8, 4) is 22.9 Å². The molecule has 0 atom stereocenters. The van der Waals surface area contributed by atoms with Crippen LogP contribution in [0.2, 0.25) is 0 Å². The Balaban J connectivity index is 1.68. The molecule has 0 aliphatic rings. The van der Waals surface area contributed by atoms with Crippen LogP contribution in [0.15, 0.2) is 65.7 Å². The van der Waals surface area contributed by atoms with Crippen LogP contribution in [0.25, 0.3) is 11.4 Å². The van der Waals surface area contributed by atoms with Crippen molar-refractivity contribution < 1.29 is 18.8 Å². The van der Waals surface area contributed by atoms with Crippen LogP contribution < -0.4 is 9.47 Å². The van der Waals surface area contributed by atoms with E-state index in [2.05, 4.69) is 16.7 Å². The SMILES string of the molecule is C=CCN(Cc1nc(-c2ccc(OC)c(OC)c2)no1)C(=O)CCc1ccccc1. The quantitative estimate of drug-likeness (QED) is 0.474. The molecule has 0 aliphatic carbocycles. The summed E-state index contributed by atoms with van der Waals surface area (Å²) in [6, 6.07) is 15.3. The zero-order valence-electron chi connectivity index (χ0n) is 17.2. The van der Waals surface area contributed by atoms with Crippen molar-refractivity contribution in [3.05, 3.63) is 72.6 Å². The van der Waals surface area contributed by atoms with Crippen molar-refractivity contribution in [2.45, 2.75) is 19.4 Å². The molecule has 1 amide bonds. The summed E-state index contributed by atoms with van der Waals surface area (Å²) in [4.78, 5) is 18.8.